The van der Waals surface area contributed by atoms with Crippen molar-refractivity contribution in [1.82, 2.24) is 44.9 Å². The molecule has 68 heavy (non-hydrogen) atoms. The summed E-state index contributed by atoms with van der Waals surface area (Å²) in [5, 5.41) is 12.0. The maximum atomic E-state index is 13.3. The van der Waals surface area contributed by atoms with Crippen molar-refractivity contribution in [1.29, 1.82) is 0 Å². The summed E-state index contributed by atoms with van der Waals surface area (Å²) in [7, 11) is 0. The highest BCUT2D eigenvalue weighted by Gasteiger charge is 2.49. The summed E-state index contributed by atoms with van der Waals surface area (Å²) in [6.45, 7) is 3.69. The highest BCUT2D eigenvalue weighted by molar-refractivity contribution is 6.23. The van der Waals surface area contributed by atoms with Gasteiger partial charge in [0, 0.05) is 49.0 Å². The molecule has 6 aliphatic rings. The number of imidazole rings is 1. The van der Waals surface area contributed by atoms with E-state index in [9.17, 15) is 28.8 Å². The number of amides is 6. The molecule has 350 valence electrons. The predicted octanol–water partition coefficient (Wildman–Crippen LogP) is 5.10. The molecule has 6 heterocycles. The van der Waals surface area contributed by atoms with Gasteiger partial charge in [-0.25, -0.2) is 15.0 Å². The van der Waals surface area contributed by atoms with E-state index in [2.05, 4.69) is 65.0 Å². The standard InChI is InChI=1S/C51H55N11O6/c63-42-13-12-41(48(66)58-42)62-49(67)39-11-10-35(25-40(39)50(62)68)52-28-44(65)60-20-16-51(17-21-60)26-38(27-51)59-18-14-33(15-19-59)32-6-8-34(9-7-32)57-46-45-47(54-29-53-46)61(30-55-45)37-23-36(24-37)56-43(64)22-31-4-2-1-3-5-31/h1-11,25,29-30,33,36-38,41,52H,12-24,26-28H2,(H,56,64)(H,53,54,57)(H,58,63,66)/t36?,37?,41-/m0/s1. The average Bonchev–Trinajstić information content (AvgIpc) is 3.86. The number of imide groups is 2. The molecule has 17 nitrogen and oxygen atoms in total. The molecule has 0 unspecified atom stereocenters. The second-order valence-corrected chi connectivity index (χ2v) is 19.7. The quantitative estimate of drug-likeness (QED) is 0.121. The molecule has 0 radical (unpaired) electrons. The molecule has 5 fully saturated rings. The fraction of sp³-hybridized carbons (Fsp3) is 0.431. The molecule has 1 spiro atoms. The van der Waals surface area contributed by atoms with Crippen molar-refractivity contribution in [2.45, 2.75) is 101 Å². The Bertz CT molecular complexity index is 2780. The van der Waals surface area contributed by atoms with Crippen LogP contribution >= 0.6 is 0 Å². The minimum absolute atomic E-state index is 0.00437. The lowest BCUT2D eigenvalue weighted by Crippen LogP contribution is -2.57. The summed E-state index contributed by atoms with van der Waals surface area (Å²) < 4.78 is 2.10. The number of benzene rings is 3. The molecule has 1 atom stereocenters. The number of carbonyl (C=O) groups excluding carboxylic acids is 6. The molecular weight excluding hydrogens is 863 g/mol. The minimum atomic E-state index is -1.02. The van der Waals surface area contributed by atoms with Gasteiger partial charge in [0.05, 0.1) is 30.4 Å². The normalized spacial score (nSPS) is 23.0. The van der Waals surface area contributed by atoms with Gasteiger partial charge in [0.15, 0.2) is 17.0 Å². The van der Waals surface area contributed by atoms with Crippen LogP contribution in [0.3, 0.4) is 0 Å². The number of hydrogen-bond donors (Lipinski definition) is 4. The Balaban J connectivity index is 0.604. The zero-order valence-corrected chi connectivity index (χ0v) is 37.9. The molecule has 4 N–H and O–H groups in total. The maximum Gasteiger partial charge on any atom is 0.262 e. The molecule has 3 aromatic carbocycles. The van der Waals surface area contributed by atoms with Crippen LogP contribution in [0.4, 0.5) is 17.2 Å². The Morgan fingerprint density at radius 1 is 0.779 bits per heavy atom. The van der Waals surface area contributed by atoms with E-state index in [1.807, 2.05) is 41.6 Å². The number of piperidine rings is 3. The molecule has 0 bridgehead atoms. The van der Waals surface area contributed by atoms with E-state index in [1.54, 1.807) is 24.5 Å². The number of nitrogens with zero attached hydrogens (tertiary/aromatic N) is 7. The van der Waals surface area contributed by atoms with Crippen molar-refractivity contribution in [2.24, 2.45) is 5.41 Å². The van der Waals surface area contributed by atoms with E-state index < -0.39 is 29.7 Å². The zero-order valence-electron chi connectivity index (χ0n) is 37.9. The van der Waals surface area contributed by atoms with Crippen molar-refractivity contribution >= 4 is 63.8 Å². The number of hydrogen-bond acceptors (Lipinski definition) is 12. The third-order valence-electron chi connectivity index (χ3n) is 15.5. The summed E-state index contributed by atoms with van der Waals surface area (Å²) in [6, 6.07) is 23.2. The number of fused-ring (bicyclic) bond motifs is 2. The van der Waals surface area contributed by atoms with Crippen LogP contribution in [0.2, 0.25) is 0 Å². The van der Waals surface area contributed by atoms with Crippen LogP contribution in [0.1, 0.15) is 108 Å². The largest absolute Gasteiger partial charge is 0.376 e. The smallest absolute Gasteiger partial charge is 0.262 e. The number of rotatable bonds is 12. The van der Waals surface area contributed by atoms with Crippen LogP contribution in [0.15, 0.2) is 85.5 Å². The van der Waals surface area contributed by atoms with Crippen LogP contribution in [0.25, 0.3) is 11.2 Å². The van der Waals surface area contributed by atoms with Gasteiger partial charge in [0.25, 0.3) is 11.8 Å². The Labute approximate surface area is 393 Å². The molecule has 5 aromatic rings. The third kappa shape index (κ3) is 8.48. The van der Waals surface area contributed by atoms with E-state index in [-0.39, 0.29) is 54.4 Å². The molecule has 2 aromatic heterocycles. The van der Waals surface area contributed by atoms with Crippen molar-refractivity contribution in [2.75, 3.05) is 43.4 Å². The lowest BCUT2D eigenvalue weighted by molar-refractivity contribution is -0.136. The Morgan fingerprint density at radius 2 is 1.51 bits per heavy atom. The molecule has 11 rings (SSSR count). The highest BCUT2D eigenvalue weighted by Crippen LogP contribution is 2.52. The van der Waals surface area contributed by atoms with E-state index >= 15 is 0 Å². The summed E-state index contributed by atoms with van der Waals surface area (Å²) in [4.78, 5) is 95.6. The summed E-state index contributed by atoms with van der Waals surface area (Å²) in [6.07, 6.45) is 12.2. The Kier molecular flexibility index (Phi) is 11.5. The van der Waals surface area contributed by atoms with E-state index in [0.29, 0.717) is 35.3 Å². The van der Waals surface area contributed by atoms with Gasteiger partial charge in [0.1, 0.15) is 12.4 Å². The maximum absolute atomic E-state index is 13.3. The number of likely N-dealkylation sites (tertiary alicyclic amines) is 2. The molecule has 6 amide bonds. The molecule has 3 saturated heterocycles. The minimum Gasteiger partial charge on any atom is -0.376 e. The van der Waals surface area contributed by atoms with Crippen molar-refractivity contribution in [3.05, 3.63) is 108 Å². The van der Waals surface area contributed by atoms with Gasteiger partial charge in [0.2, 0.25) is 23.6 Å². The first kappa shape index (κ1) is 43.6. The summed E-state index contributed by atoms with van der Waals surface area (Å²) in [5.41, 5.74) is 6.05. The first-order valence-corrected chi connectivity index (χ1v) is 24.1. The van der Waals surface area contributed by atoms with E-state index in [0.717, 1.165) is 92.0 Å². The van der Waals surface area contributed by atoms with Crippen LogP contribution in [-0.2, 0) is 25.6 Å². The molecule has 17 heteroatoms. The average molecular weight is 918 g/mol. The number of aromatic nitrogens is 4. The molecule has 4 aliphatic heterocycles. The predicted molar refractivity (Wildman–Crippen MR) is 252 cm³/mol. The fourth-order valence-electron chi connectivity index (χ4n) is 11.5. The van der Waals surface area contributed by atoms with Crippen molar-refractivity contribution in [3.8, 4) is 0 Å². The van der Waals surface area contributed by atoms with Crippen LogP contribution in [0, 0.1) is 5.41 Å². The highest BCUT2D eigenvalue weighted by atomic mass is 16.2. The zero-order chi connectivity index (χ0) is 46.5. The first-order chi connectivity index (χ1) is 33.1. The molecule has 2 saturated carbocycles. The van der Waals surface area contributed by atoms with Gasteiger partial charge in [-0.2, -0.15) is 0 Å². The summed E-state index contributed by atoms with van der Waals surface area (Å²) in [5.74, 6) is -0.971. The van der Waals surface area contributed by atoms with Crippen molar-refractivity contribution < 1.29 is 28.8 Å². The Hall–Kier alpha value is -7.01. The first-order valence-electron chi connectivity index (χ1n) is 24.1. The number of carbonyl (C=O) groups is 6. The monoisotopic (exact) mass is 917 g/mol. The topological polar surface area (TPSA) is 204 Å². The fourth-order valence-corrected chi connectivity index (χ4v) is 11.5. The second kappa shape index (κ2) is 17.9. The van der Waals surface area contributed by atoms with Crippen LogP contribution in [-0.4, -0.2) is 121 Å². The second-order valence-electron chi connectivity index (χ2n) is 19.7. The van der Waals surface area contributed by atoms with E-state index in [4.69, 9.17) is 4.98 Å². The lowest BCUT2D eigenvalue weighted by atomic mass is 9.59. The van der Waals surface area contributed by atoms with Crippen molar-refractivity contribution in [3.63, 3.8) is 0 Å². The Morgan fingerprint density at radius 3 is 2.26 bits per heavy atom. The molecular formula is C51H55N11O6. The number of nitrogens with one attached hydrogen (secondary N) is 4. The van der Waals surface area contributed by atoms with Gasteiger partial charge in [-0.05, 0) is 124 Å². The van der Waals surface area contributed by atoms with Gasteiger partial charge < -0.3 is 30.3 Å². The SMILES string of the molecule is O=C1CC[C@H](N2C(=O)c3ccc(NCC(=O)N4CCC5(CC4)CC(N4CCC(c6ccc(Nc7ncnc8c7ncn8C7CC(NC(=O)Cc8ccccc8)C7)cc6)CC4)C5)cc3C2=O)C(=O)N1. The van der Waals surface area contributed by atoms with Gasteiger partial charge in [-0.1, -0.05) is 42.5 Å². The third-order valence-corrected chi connectivity index (χ3v) is 15.5. The van der Waals surface area contributed by atoms with Gasteiger partial charge >= 0.3 is 0 Å². The molecule has 2 aliphatic carbocycles. The number of anilines is 3. The van der Waals surface area contributed by atoms with Gasteiger partial charge in [-0.15, -0.1) is 0 Å². The lowest BCUT2D eigenvalue weighted by Gasteiger charge is -2.56. The van der Waals surface area contributed by atoms with E-state index in [1.165, 1.54) is 18.4 Å². The van der Waals surface area contributed by atoms with Crippen LogP contribution in [0.5, 0.6) is 0 Å². The van der Waals surface area contributed by atoms with Crippen LogP contribution < -0.4 is 21.3 Å². The summed E-state index contributed by atoms with van der Waals surface area (Å²) >= 11 is 0. The van der Waals surface area contributed by atoms with Gasteiger partial charge in [-0.3, -0.25) is 39.0 Å².